The van der Waals surface area contributed by atoms with Crippen LogP contribution in [0.5, 0.6) is 11.5 Å². The van der Waals surface area contributed by atoms with E-state index in [2.05, 4.69) is 4.74 Å². The molecule has 0 aliphatic rings. The monoisotopic (exact) mass is 336 g/mol. The number of rotatable bonds is 5. The first-order valence-corrected chi connectivity index (χ1v) is 6.32. The molecule has 24 heavy (non-hydrogen) atoms. The van der Waals surface area contributed by atoms with Gasteiger partial charge in [0.15, 0.2) is 11.6 Å². The zero-order valence-electron chi connectivity index (χ0n) is 12.1. The molecule has 0 spiro atoms. The predicted octanol–water partition coefficient (Wildman–Crippen LogP) is 3.22. The van der Waals surface area contributed by atoms with Crippen LogP contribution in [0.25, 0.3) is 0 Å². The SMILES string of the molecule is COC(=O)c1cc(Oc2ccc([N+](=O)[O-])cc2F)ccc1[N+](=O)[O-]. The minimum absolute atomic E-state index is 0.0752. The van der Waals surface area contributed by atoms with Crippen molar-refractivity contribution in [1.82, 2.24) is 0 Å². The number of esters is 1. The molecule has 2 aromatic rings. The molecular formula is C14H9FN2O7. The maximum absolute atomic E-state index is 13.8. The number of nitrogens with zero attached hydrogens (tertiary/aromatic N) is 2. The van der Waals surface area contributed by atoms with Gasteiger partial charge >= 0.3 is 5.97 Å². The van der Waals surface area contributed by atoms with Crippen molar-refractivity contribution in [3.05, 3.63) is 68.0 Å². The van der Waals surface area contributed by atoms with Crippen LogP contribution in [0, 0.1) is 26.0 Å². The highest BCUT2D eigenvalue weighted by molar-refractivity contribution is 5.94. The van der Waals surface area contributed by atoms with Crippen LogP contribution in [0.2, 0.25) is 0 Å². The predicted molar refractivity (Wildman–Crippen MR) is 77.6 cm³/mol. The standard InChI is InChI=1S/C14H9FN2O7/c1-23-14(18)10-7-9(3-4-12(10)17(21)22)24-13-5-2-8(16(19)20)6-11(13)15/h2-7H,1H3. The molecule has 0 amide bonds. The van der Waals surface area contributed by atoms with Crippen molar-refractivity contribution in [2.75, 3.05) is 7.11 Å². The molecule has 0 heterocycles. The average Bonchev–Trinajstić information content (AvgIpc) is 2.55. The van der Waals surface area contributed by atoms with E-state index in [4.69, 9.17) is 4.74 Å². The zero-order valence-corrected chi connectivity index (χ0v) is 12.1. The summed E-state index contributed by atoms with van der Waals surface area (Å²) < 4.78 is 23.4. The number of nitro benzene ring substituents is 2. The Kier molecular flexibility index (Phi) is 4.68. The number of ether oxygens (including phenoxy) is 2. The Hall–Kier alpha value is -3.56. The molecule has 124 valence electrons. The van der Waals surface area contributed by atoms with Crippen LogP contribution in [0.15, 0.2) is 36.4 Å². The van der Waals surface area contributed by atoms with Gasteiger partial charge in [-0.25, -0.2) is 9.18 Å². The maximum Gasteiger partial charge on any atom is 0.345 e. The van der Waals surface area contributed by atoms with Gasteiger partial charge < -0.3 is 9.47 Å². The summed E-state index contributed by atoms with van der Waals surface area (Å²) in [7, 11) is 1.05. The molecule has 0 aliphatic heterocycles. The zero-order chi connectivity index (χ0) is 17.9. The van der Waals surface area contributed by atoms with Crippen molar-refractivity contribution in [2.24, 2.45) is 0 Å². The maximum atomic E-state index is 13.8. The van der Waals surface area contributed by atoms with E-state index in [9.17, 15) is 29.4 Å². The molecule has 10 heteroatoms. The lowest BCUT2D eigenvalue weighted by Gasteiger charge is -2.08. The first kappa shape index (κ1) is 16.8. The van der Waals surface area contributed by atoms with Crippen molar-refractivity contribution >= 4 is 17.3 Å². The van der Waals surface area contributed by atoms with Gasteiger partial charge in [0.1, 0.15) is 11.3 Å². The Bertz CT molecular complexity index is 838. The molecular weight excluding hydrogens is 327 g/mol. The minimum atomic E-state index is -0.998. The van der Waals surface area contributed by atoms with Gasteiger partial charge in [-0.05, 0) is 12.1 Å². The number of non-ortho nitro benzene ring substituents is 1. The summed E-state index contributed by atoms with van der Waals surface area (Å²) >= 11 is 0. The Morgan fingerprint density at radius 1 is 1.08 bits per heavy atom. The molecule has 2 aromatic carbocycles. The van der Waals surface area contributed by atoms with Crippen LogP contribution >= 0.6 is 0 Å². The van der Waals surface area contributed by atoms with E-state index in [1.807, 2.05) is 0 Å². The van der Waals surface area contributed by atoms with Crippen LogP contribution in [-0.2, 0) is 4.74 Å². The fourth-order valence-corrected chi connectivity index (χ4v) is 1.82. The molecule has 0 fully saturated rings. The Morgan fingerprint density at radius 3 is 2.33 bits per heavy atom. The van der Waals surface area contributed by atoms with Crippen molar-refractivity contribution in [3.8, 4) is 11.5 Å². The van der Waals surface area contributed by atoms with E-state index in [0.29, 0.717) is 6.07 Å². The first-order valence-electron chi connectivity index (χ1n) is 6.32. The van der Waals surface area contributed by atoms with E-state index >= 15 is 0 Å². The molecule has 0 saturated heterocycles. The topological polar surface area (TPSA) is 122 Å². The molecule has 0 bridgehead atoms. The van der Waals surface area contributed by atoms with Gasteiger partial charge in [0, 0.05) is 18.2 Å². The minimum Gasteiger partial charge on any atom is -0.465 e. The normalized spacial score (nSPS) is 10.1. The second-order valence-electron chi connectivity index (χ2n) is 4.40. The van der Waals surface area contributed by atoms with Crippen molar-refractivity contribution in [1.29, 1.82) is 0 Å². The lowest BCUT2D eigenvalue weighted by Crippen LogP contribution is -2.06. The second-order valence-corrected chi connectivity index (χ2v) is 4.40. The summed E-state index contributed by atoms with van der Waals surface area (Å²) in [5.41, 5.74) is -1.33. The number of carbonyl (C=O) groups is 1. The third kappa shape index (κ3) is 3.43. The quantitative estimate of drug-likeness (QED) is 0.466. The van der Waals surface area contributed by atoms with Crippen LogP contribution in [0.4, 0.5) is 15.8 Å². The van der Waals surface area contributed by atoms with Crippen molar-refractivity contribution in [2.45, 2.75) is 0 Å². The number of nitro groups is 2. The second kappa shape index (κ2) is 6.69. The van der Waals surface area contributed by atoms with Gasteiger partial charge in [-0.1, -0.05) is 0 Å². The van der Waals surface area contributed by atoms with Crippen LogP contribution < -0.4 is 4.74 Å². The molecule has 0 aromatic heterocycles. The van der Waals surface area contributed by atoms with Gasteiger partial charge in [-0.3, -0.25) is 20.2 Å². The van der Waals surface area contributed by atoms with Gasteiger partial charge in [-0.15, -0.1) is 0 Å². The smallest absolute Gasteiger partial charge is 0.345 e. The lowest BCUT2D eigenvalue weighted by atomic mass is 10.1. The number of methoxy groups -OCH3 is 1. The first-order chi connectivity index (χ1) is 11.3. The van der Waals surface area contributed by atoms with Gasteiger partial charge in [0.2, 0.25) is 0 Å². The van der Waals surface area contributed by atoms with E-state index in [-0.39, 0.29) is 17.1 Å². The molecule has 2 rings (SSSR count). The van der Waals surface area contributed by atoms with Gasteiger partial charge in [-0.2, -0.15) is 0 Å². The highest BCUT2D eigenvalue weighted by atomic mass is 19.1. The number of hydrogen-bond acceptors (Lipinski definition) is 7. The number of carbonyl (C=O) groups excluding carboxylic acids is 1. The summed E-state index contributed by atoms with van der Waals surface area (Å²) in [6.07, 6.45) is 0. The Balaban J connectivity index is 2.38. The van der Waals surface area contributed by atoms with Gasteiger partial charge in [0.05, 0.1) is 23.0 Å². The molecule has 0 saturated carbocycles. The molecule has 0 unspecified atom stereocenters. The number of halogens is 1. The van der Waals surface area contributed by atoms with E-state index in [1.54, 1.807) is 0 Å². The molecule has 0 radical (unpaired) electrons. The Labute approximate surface area is 133 Å². The molecule has 0 aliphatic carbocycles. The summed E-state index contributed by atoms with van der Waals surface area (Å²) in [6, 6.07) is 5.92. The average molecular weight is 336 g/mol. The van der Waals surface area contributed by atoms with Gasteiger partial charge in [0.25, 0.3) is 11.4 Å². The summed E-state index contributed by atoms with van der Waals surface area (Å²) in [6.45, 7) is 0. The molecule has 0 N–H and O–H groups in total. The summed E-state index contributed by atoms with van der Waals surface area (Å²) in [5, 5.41) is 21.5. The fraction of sp³-hybridized carbons (Fsp3) is 0.0714. The summed E-state index contributed by atoms with van der Waals surface area (Å²) in [4.78, 5) is 31.5. The fourth-order valence-electron chi connectivity index (χ4n) is 1.82. The van der Waals surface area contributed by atoms with Crippen LogP contribution in [-0.4, -0.2) is 22.9 Å². The van der Waals surface area contributed by atoms with Crippen molar-refractivity contribution in [3.63, 3.8) is 0 Å². The molecule has 0 atom stereocenters. The van der Waals surface area contributed by atoms with E-state index < -0.39 is 33.0 Å². The largest absolute Gasteiger partial charge is 0.465 e. The van der Waals surface area contributed by atoms with E-state index in [0.717, 1.165) is 37.4 Å². The van der Waals surface area contributed by atoms with Crippen LogP contribution in [0.3, 0.4) is 0 Å². The van der Waals surface area contributed by atoms with E-state index in [1.165, 1.54) is 0 Å². The lowest BCUT2D eigenvalue weighted by molar-refractivity contribution is -0.385. The number of benzene rings is 2. The van der Waals surface area contributed by atoms with Crippen molar-refractivity contribution < 1.29 is 28.5 Å². The molecule has 9 nitrogen and oxygen atoms in total. The Morgan fingerprint density at radius 2 is 1.79 bits per heavy atom. The third-order valence-corrected chi connectivity index (χ3v) is 2.92. The van der Waals surface area contributed by atoms with Crippen LogP contribution in [0.1, 0.15) is 10.4 Å². The highest BCUT2D eigenvalue weighted by Crippen LogP contribution is 2.31. The number of hydrogen-bond donors (Lipinski definition) is 0. The summed E-state index contributed by atoms with van der Waals surface area (Å²) in [5.74, 6) is -2.38. The highest BCUT2D eigenvalue weighted by Gasteiger charge is 2.22. The third-order valence-electron chi connectivity index (χ3n) is 2.92.